The number of hydrogen-bond acceptors (Lipinski definition) is 5. The van der Waals surface area contributed by atoms with Gasteiger partial charge in [-0.3, -0.25) is 0 Å². The molecule has 1 aromatic heterocycles. The van der Waals surface area contributed by atoms with Crippen LogP contribution in [-0.2, 0) is 6.42 Å². The highest BCUT2D eigenvalue weighted by Gasteiger charge is 2.14. The molecular formula is C11H12ClN3O2. The van der Waals surface area contributed by atoms with E-state index in [4.69, 9.17) is 27.0 Å². The Morgan fingerprint density at radius 3 is 2.88 bits per heavy atom. The Labute approximate surface area is 103 Å². The smallest absolute Gasteiger partial charge is 0.245 e. The van der Waals surface area contributed by atoms with Gasteiger partial charge < -0.3 is 15.4 Å². The molecule has 0 radical (unpaired) electrons. The molecule has 0 aliphatic rings. The third-order valence-electron chi connectivity index (χ3n) is 2.30. The SMILES string of the molecule is N[C@H](CO)c1nc(Cc2ccccc2Cl)no1. The first-order valence-electron chi connectivity index (χ1n) is 5.13. The van der Waals surface area contributed by atoms with Crippen molar-refractivity contribution in [1.82, 2.24) is 10.1 Å². The fourth-order valence-corrected chi connectivity index (χ4v) is 1.58. The van der Waals surface area contributed by atoms with Gasteiger partial charge in [0.05, 0.1) is 6.61 Å². The van der Waals surface area contributed by atoms with E-state index < -0.39 is 6.04 Å². The van der Waals surface area contributed by atoms with Gasteiger partial charge in [-0.25, -0.2) is 0 Å². The van der Waals surface area contributed by atoms with Gasteiger partial charge >= 0.3 is 0 Å². The van der Waals surface area contributed by atoms with E-state index in [0.717, 1.165) is 5.56 Å². The molecule has 0 bridgehead atoms. The highest BCUT2D eigenvalue weighted by Crippen LogP contribution is 2.18. The summed E-state index contributed by atoms with van der Waals surface area (Å²) < 4.78 is 4.94. The summed E-state index contributed by atoms with van der Waals surface area (Å²) in [4.78, 5) is 4.10. The fourth-order valence-electron chi connectivity index (χ4n) is 1.38. The molecule has 0 fully saturated rings. The Morgan fingerprint density at radius 2 is 2.18 bits per heavy atom. The number of aliphatic hydroxyl groups is 1. The molecule has 1 atom stereocenters. The number of aliphatic hydroxyl groups excluding tert-OH is 1. The number of rotatable bonds is 4. The lowest BCUT2D eigenvalue weighted by Crippen LogP contribution is -2.14. The minimum absolute atomic E-state index is 0.228. The second-order valence-corrected chi connectivity index (χ2v) is 4.01. The lowest BCUT2D eigenvalue weighted by atomic mass is 10.1. The molecule has 0 aliphatic heterocycles. The molecule has 6 heteroatoms. The summed E-state index contributed by atoms with van der Waals surface area (Å²) in [6, 6.07) is 6.81. The molecule has 0 aliphatic carbocycles. The molecule has 0 spiro atoms. The minimum atomic E-state index is -0.637. The number of nitrogens with zero attached hydrogens (tertiary/aromatic N) is 2. The maximum absolute atomic E-state index is 8.86. The molecule has 0 saturated heterocycles. The molecule has 0 unspecified atom stereocenters. The lowest BCUT2D eigenvalue weighted by molar-refractivity contribution is 0.236. The van der Waals surface area contributed by atoms with Gasteiger partial charge in [-0.15, -0.1) is 0 Å². The van der Waals surface area contributed by atoms with Gasteiger partial charge in [0.25, 0.3) is 0 Å². The van der Waals surface area contributed by atoms with Crippen molar-refractivity contribution in [3.8, 4) is 0 Å². The summed E-state index contributed by atoms with van der Waals surface area (Å²) in [5.41, 5.74) is 6.47. The van der Waals surface area contributed by atoms with E-state index in [-0.39, 0.29) is 12.5 Å². The molecule has 1 aromatic carbocycles. The monoisotopic (exact) mass is 253 g/mol. The second-order valence-electron chi connectivity index (χ2n) is 3.61. The first kappa shape index (κ1) is 12.0. The first-order valence-corrected chi connectivity index (χ1v) is 5.51. The van der Waals surface area contributed by atoms with Crippen LogP contribution in [0, 0.1) is 0 Å². The topological polar surface area (TPSA) is 85.2 Å². The van der Waals surface area contributed by atoms with Crippen molar-refractivity contribution in [2.75, 3.05) is 6.61 Å². The van der Waals surface area contributed by atoms with Gasteiger partial charge in [-0.2, -0.15) is 4.98 Å². The Balaban J connectivity index is 2.14. The average Bonchev–Trinajstić information content (AvgIpc) is 2.80. The molecule has 0 saturated carbocycles. The maximum Gasteiger partial charge on any atom is 0.245 e. The number of benzene rings is 1. The van der Waals surface area contributed by atoms with E-state index in [9.17, 15) is 0 Å². The zero-order valence-electron chi connectivity index (χ0n) is 9.01. The van der Waals surface area contributed by atoms with Crippen molar-refractivity contribution in [3.63, 3.8) is 0 Å². The fraction of sp³-hybridized carbons (Fsp3) is 0.273. The number of aromatic nitrogens is 2. The van der Waals surface area contributed by atoms with Gasteiger partial charge in [0, 0.05) is 11.4 Å². The molecule has 0 amide bonds. The molecule has 2 rings (SSSR count). The molecule has 1 heterocycles. The van der Waals surface area contributed by atoms with E-state index in [0.29, 0.717) is 17.3 Å². The van der Waals surface area contributed by atoms with Crippen LogP contribution < -0.4 is 5.73 Å². The Kier molecular flexibility index (Phi) is 3.73. The third kappa shape index (κ3) is 2.82. The van der Waals surface area contributed by atoms with Crippen LogP contribution in [0.1, 0.15) is 23.3 Å². The van der Waals surface area contributed by atoms with Crippen LogP contribution >= 0.6 is 11.6 Å². The summed E-state index contributed by atoms with van der Waals surface area (Å²) >= 11 is 6.02. The van der Waals surface area contributed by atoms with Crippen LogP contribution in [-0.4, -0.2) is 21.9 Å². The van der Waals surface area contributed by atoms with Crippen molar-refractivity contribution in [2.45, 2.75) is 12.5 Å². The standard InChI is InChI=1S/C11H12ClN3O2/c12-8-4-2-1-3-7(8)5-10-14-11(17-15-10)9(13)6-16/h1-4,9,16H,5-6,13H2/t9-/m1/s1. The van der Waals surface area contributed by atoms with Gasteiger partial charge in [0.2, 0.25) is 5.89 Å². The highest BCUT2D eigenvalue weighted by atomic mass is 35.5. The zero-order chi connectivity index (χ0) is 12.3. The van der Waals surface area contributed by atoms with Crippen molar-refractivity contribution in [3.05, 3.63) is 46.6 Å². The van der Waals surface area contributed by atoms with Crippen LogP contribution in [0.3, 0.4) is 0 Å². The normalized spacial score (nSPS) is 12.6. The lowest BCUT2D eigenvalue weighted by Gasteiger charge is -2.00. The Hall–Kier alpha value is -1.43. The predicted molar refractivity (Wildman–Crippen MR) is 62.6 cm³/mol. The van der Waals surface area contributed by atoms with Gasteiger partial charge in [-0.05, 0) is 11.6 Å². The van der Waals surface area contributed by atoms with Crippen molar-refractivity contribution >= 4 is 11.6 Å². The molecule has 2 aromatic rings. The zero-order valence-corrected chi connectivity index (χ0v) is 9.76. The largest absolute Gasteiger partial charge is 0.394 e. The van der Waals surface area contributed by atoms with Crippen LogP contribution in [0.15, 0.2) is 28.8 Å². The molecular weight excluding hydrogens is 242 g/mol. The number of hydrogen-bond donors (Lipinski definition) is 2. The maximum atomic E-state index is 8.86. The Bertz CT molecular complexity index is 501. The van der Waals surface area contributed by atoms with Crippen molar-refractivity contribution < 1.29 is 9.63 Å². The van der Waals surface area contributed by atoms with E-state index in [1.165, 1.54) is 0 Å². The summed E-state index contributed by atoms with van der Waals surface area (Å²) in [7, 11) is 0. The third-order valence-corrected chi connectivity index (χ3v) is 2.67. The van der Waals surface area contributed by atoms with E-state index in [1.54, 1.807) is 6.07 Å². The quantitative estimate of drug-likeness (QED) is 0.858. The van der Waals surface area contributed by atoms with E-state index in [1.807, 2.05) is 18.2 Å². The van der Waals surface area contributed by atoms with Gasteiger partial charge in [-0.1, -0.05) is 35.0 Å². The van der Waals surface area contributed by atoms with Crippen molar-refractivity contribution in [2.24, 2.45) is 5.73 Å². The summed E-state index contributed by atoms with van der Waals surface area (Å²) in [6.07, 6.45) is 0.474. The summed E-state index contributed by atoms with van der Waals surface area (Å²) in [6.45, 7) is -0.228. The van der Waals surface area contributed by atoms with Crippen LogP contribution in [0.5, 0.6) is 0 Å². The van der Waals surface area contributed by atoms with Gasteiger partial charge in [0.1, 0.15) is 6.04 Å². The molecule has 5 nitrogen and oxygen atoms in total. The average molecular weight is 254 g/mol. The number of halogens is 1. The molecule has 90 valence electrons. The molecule has 17 heavy (non-hydrogen) atoms. The second kappa shape index (κ2) is 5.27. The van der Waals surface area contributed by atoms with Crippen LogP contribution in [0.2, 0.25) is 5.02 Å². The molecule has 3 N–H and O–H groups in total. The minimum Gasteiger partial charge on any atom is -0.394 e. The van der Waals surface area contributed by atoms with E-state index in [2.05, 4.69) is 10.1 Å². The first-order chi connectivity index (χ1) is 8.20. The Morgan fingerprint density at radius 1 is 1.41 bits per heavy atom. The van der Waals surface area contributed by atoms with E-state index >= 15 is 0 Å². The summed E-state index contributed by atoms with van der Waals surface area (Å²) in [5, 5.41) is 13.3. The summed E-state index contributed by atoms with van der Waals surface area (Å²) in [5.74, 6) is 0.728. The van der Waals surface area contributed by atoms with Crippen LogP contribution in [0.4, 0.5) is 0 Å². The van der Waals surface area contributed by atoms with Crippen molar-refractivity contribution in [1.29, 1.82) is 0 Å². The predicted octanol–water partition coefficient (Wildman–Crippen LogP) is 1.31. The number of nitrogens with two attached hydrogens (primary N) is 1. The highest BCUT2D eigenvalue weighted by molar-refractivity contribution is 6.31. The van der Waals surface area contributed by atoms with Crippen LogP contribution in [0.25, 0.3) is 0 Å². The van der Waals surface area contributed by atoms with Gasteiger partial charge in [0.15, 0.2) is 5.82 Å².